The molecule has 0 amide bonds. The second-order valence-corrected chi connectivity index (χ2v) is 3.25. The Balaban J connectivity index is 2.88. The van der Waals surface area contributed by atoms with Gasteiger partial charge in [0.25, 0.3) is 0 Å². The van der Waals surface area contributed by atoms with Gasteiger partial charge in [0.1, 0.15) is 6.10 Å². The first kappa shape index (κ1) is 10.9. The monoisotopic (exact) mass is 193 g/mol. The van der Waals surface area contributed by atoms with E-state index < -0.39 is 0 Å². The van der Waals surface area contributed by atoms with Gasteiger partial charge in [-0.05, 0) is 25.0 Å². The number of Topliss-reactive ketones (excluding diaryl/α,β-unsaturated/α-hetero) is 1. The Hall–Kier alpha value is -1.22. The van der Waals surface area contributed by atoms with Crippen molar-refractivity contribution in [3.8, 4) is 0 Å². The SMILES string of the molecule is CCC(OC)C(=O)c1cncc(C)c1. The van der Waals surface area contributed by atoms with Crippen molar-refractivity contribution in [1.29, 1.82) is 0 Å². The Morgan fingerprint density at radius 2 is 2.29 bits per heavy atom. The minimum atomic E-state index is -0.349. The average Bonchev–Trinajstić information content (AvgIpc) is 2.19. The minimum Gasteiger partial charge on any atom is -0.373 e. The van der Waals surface area contributed by atoms with Gasteiger partial charge < -0.3 is 4.74 Å². The lowest BCUT2D eigenvalue weighted by Gasteiger charge is -2.11. The summed E-state index contributed by atoms with van der Waals surface area (Å²) in [5, 5.41) is 0. The molecule has 0 fully saturated rings. The molecular formula is C11H15NO2. The van der Waals surface area contributed by atoms with Crippen LogP contribution in [0.15, 0.2) is 18.5 Å². The number of aromatic nitrogens is 1. The fourth-order valence-electron chi connectivity index (χ4n) is 1.33. The zero-order valence-corrected chi connectivity index (χ0v) is 8.78. The topological polar surface area (TPSA) is 39.2 Å². The first-order chi connectivity index (χ1) is 6.69. The van der Waals surface area contributed by atoms with Gasteiger partial charge in [0.15, 0.2) is 5.78 Å². The van der Waals surface area contributed by atoms with Crippen LogP contribution in [0.5, 0.6) is 0 Å². The predicted octanol–water partition coefficient (Wildman–Crippen LogP) is 2.00. The number of hydrogen-bond acceptors (Lipinski definition) is 3. The summed E-state index contributed by atoms with van der Waals surface area (Å²) in [6.45, 7) is 3.84. The van der Waals surface area contributed by atoms with Crippen LogP contribution in [-0.2, 0) is 4.74 Å². The van der Waals surface area contributed by atoms with Crippen LogP contribution in [0.3, 0.4) is 0 Å². The van der Waals surface area contributed by atoms with Gasteiger partial charge in [-0.3, -0.25) is 9.78 Å². The Morgan fingerprint density at radius 1 is 1.57 bits per heavy atom. The standard InChI is InChI=1S/C11H15NO2/c1-4-10(14-3)11(13)9-5-8(2)6-12-7-9/h5-7,10H,4H2,1-3H3. The number of ketones is 1. The maximum Gasteiger partial charge on any atom is 0.193 e. The Bertz CT molecular complexity index is 319. The Kier molecular flexibility index (Phi) is 3.77. The van der Waals surface area contributed by atoms with Gasteiger partial charge in [0.05, 0.1) is 0 Å². The first-order valence-corrected chi connectivity index (χ1v) is 4.67. The van der Waals surface area contributed by atoms with E-state index in [0.29, 0.717) is 12.0 Å². The Morgan fingerprint density at radius 3 is 2.79 bits per heavy atom. The van der Waals surface area contributed by atoms with E-state index in [0.717, 1.165) is 5.56 Å². The van der Waals surface area contributed by atoms with E-state index in [-0.39, 0.29) is 11.9 Å². The van der Waals surface area contributed by atoms with Crippen LogP contribution in [0.25, 0.3) is 0 Å². The lowest BCUT2D eigenvalue weighted by atomic mass is 10.1. The van der Waals surface area contributed by atoms with Crippen molar-refractivity contribution in [1.82, 2.24) is 4.98 Å². The molecule has 0 radical (unpaired) electrons. The van der Waals surface area contributed by atoms with Crippen LogP contribution < -0.4 is 0 Å². The normalized spacial score (nSPS) is 12.5. The van der Waals surface area contributed by atoms with Gasteiger partial charge >= 0.3 is 0 Å². The number of pyridine rings is 1. The molecule has 1 atom stereocenters. The quantitative estimate of drug-likeness (QED) is 0.686. The van der Waals surface area contributed by atoms with Gasteiger partial charge in [-0.1, -0.05) is 6.92 Å². The van der Waals surface area contributed by atoms with Crippen LogP contribution >= 0.6 is 0 Å². The summed E-state index contributed by atoms with van der Waals surface area (Å²) in [5.74, 6) is 0.00574. The number of ether oxygens (including phenoxy) is 1. The van der Waals surface area contributed by atoms with E-state index in [1.807, 2.05) is 19.9 Å². The molecule has 1 aromatic rings. The van der Waals surface area contributed by atoms with Crippen LogP contribution in [0.2, 0.25) is 0 Å². The molecule has 3 nitrogen and oxygen atoms in total. The van der Waals surface area contributed by atoms with Crippen LogP contribution in [0.1, 0.15) is 29.3 Å². The highest BCUT2D eigenvalue weighted by atomic mass is 16.5. The minimum absolute atomic E-state index is 0.00574. The maximum absolute atomic E-state index is 11.8. The van der Waals surface area contributed by atoms with E-state index in [1.165, 1.54) is 0 Å². The zero-order chi connectivity index (χ0) is 10.6. The summed E-state index contributed by atoms with van der Waals surface area (Å²) in [4.78, 5) is 15.8. The van der Waals surface area contributed by atoms with Gasteiger partial charge in [-0.2, -0.15) is 0 Å². The third-order valence-electron chi connectivity index (χ3n) is 2.11. The van der Waals surface area contributed by atoms with Crippen molar-refractivity contribution < 1.29 is 9.53 Å². The number of carbonyl (C=O) groups excluding carboxylic acids is 1. The average molecular weight is 193 g/mol. The van der Waals surface area contributed by atoms with Gasteiger partial charge in [-0.25, -0.2) is 0 Å². The summed E-state index contributed by atoms with van der Waals surface area (Å²) >= 11 is 0. The predicted molar refractivity (Wildman–Crippen MR) is 54.4 cm³/mol. The third kappa shape index (κ3) is 2.39. The van der Waals surface area contributed by atoms with Crippen LogP contribution in [0, 0.1) is 6.92 Å². The number of aryl methyl sites for hydroxylation is 1. The largest absolute Gasteiger partial charge is 0.373 e. The second-order valence-electron chi connectivity index (χ2n) is 3.25. The molecular weight excluding hydrogens is 178 g/mol. The van der Waals surface area contributed by atoms with Gasteiger partial charge in [0, 0.05) is 25.1 Å². The molecule has 0 bridgehead atoms. The molecule has 1 rings (SSSR count). The fourth-order valence-corrected chi connectivity index (χ4v) is 1.33. The van der Waals surface area contributed by atoms with Crippen molar-refractivity contribution in [2.75, 3.05) is 7.11 Å². The first-order valence-electron chi connectivity index (χ1n) is 4.67. The van der Waals surface area contributed by atoms with Crippen molar-refractivity contribution in [2.45, 2.75) is 26.4 Å². The molecule has 0 aliphatic heterocycles. The molecule has 14 heavy (non-hydrogen) atoms. The molecule has 0 saturated carbocycles. The molecule has 0 N–H and O–H groups in total. The summed E-state index contributed by atoms with van der Waals surface area (Å²) in [5.41, 5.74) is 1.61. The lowest BCUT2D eigenvalue weighted by molar-refractivity contribution is 0.0595. The van der Waals surface area contributed by atoms with Crippen LogP contribution in [-0.4, -0.2) is 24.0 Å². The molecule has 1 unspecified atom stereocenters. The molecule has 3 heteroatoms. The van der Waals surface area contributed by atoms with Gasteiger partial charge in [-0.15, -0.1) is 0 Å². The molecule has 1 heterocycles. The summed E-state index contributed by atoms with van der Waals surface area (Å²) in [6, 6.07) is 1.83. The second kappa shape index (κ2) is 4.86. The summed E-state index contributed by atoms with van der Waals surface area (Å²) < 4.78 is 5.08. The molecule has 0 spiro atoms. The fraction of sp³-hybridized carbons (Fsp3) is 0.455. The third-order valence-corrected chi connectivity index (χ3v) is 2.11. The summed E-state index contributed by atoms with van der Waals surface area (Å²) in [6.07, 6.45) is 3.64. The number of hydrogen-bond donors (Lipinski definition) is 0. The summed E-state index contributed by atoms with van der Waals surface area (Å²) in [7, 11) is 1.55. The molecule has 0 aliphatic carbocycles. The van der Waals surface area contributed by atoms with Crippen molar-refractivity contribution in [3.63, 3.8) is 0 Å². The highest BCUT2D eigenvalue weighted by Gasteiger charge is 2.17. The van der Waals surface area contributed by atoms with E-state index in [9.17, 15) is 4.79 Å². The molecule has 76 valence electrons. The van der Waals surface area contributed by atoms with E-state index >= 15 is 0 Å². The zero-order valence-electron chi connectivity index (χ0n) is 8.78. The number of nitrogens with zero attached hydrogens (tertiary/aromatic N) is 1. The van der Waals surface area contributed by atoms with E-state index in [1.54, 1.807) is 19.5 Å². The Labute approximate surface area is 84.1 Å². The molecule has 0 aliphatic rings. The van der Waals surface area contributed by atoms with Crippen LogP contribution in [0.4, 0.5) is 0 Å². The lowest BCUT2D eigenvalue weighted by Crippen LogP contribution is -2.22. The molecule has 0 aromatic carbocycles. The highest BCUT2D eigenvalue weighted by molar-refractivity contribution is 5.99. The van der Waals surface area contributed by atoms with E-state index in [4.69, 9.17) is 4.74 Å². The number of rotatable bonds is 4. The van der Waals surface area contributed by atoms with E-state index in [2.05, 4.69) is 4.98 Å². The molecule has 0 saturated heterocycles. The van der Waals surface area contributed by atoms with Crippen molar-refractivity contribution in [3.05, 3.63) is 29.6 Å². The van der Waals surface area contributed by atoms with Crippen molar-refractivity contribution >= 4 is 5.78 Å². The van der Waals surface area contributed by atoms with Gasteiger partial charge in [0.2, 0.25) is 0 Å². The maximum atomic E-state index is 11.8. The number of carbonyl (C=O) groups is 1. The number of methoxy groups -OCH3 is 1. The smallest absolute Gasteiger partial charge is 0.193 e. The van der Waals surface area contributed by atoms with Crippen molar-refractivity contribution in [2.24, 2.45) is 0 Å². The molecule has 1 aromatic heterocycles. The highest BCUT2D eigenvalue weighted by Crippen LogP contribution is 2.09.